The number of hydrogen-bond acceptors (Lipinski definition) is 4. The number of phenolic OH excluding ortho intramolecular Hbond substituents is 1. The van der Waals surface area contributed by atoms with Crippen molar-refractivity contribution in [3.63, 3.8) is 0 Å². The molecule has 2 heterocycles. The van der Waals surface area contributed by atoms with Gasteiger partial charge in [0.25, 0.3) is 5.91 Å². The van der Waals surface area contributed by atoms with Crippen LogP contribution in [0.1, 0.15) is 41.6 Å². The molecule has 1 aliphatic carbocycles. The maximum Gasteiger partial charge on any atom is 0.253 e. The second kappa shape index (κ2) is 6.64. The molecule has 0 spiro atoms. The number of benzene rings is 1. The van der Waals surface area contributed by atoms with E-state index in [0.717, 1.165) is 38.8 Å². The lowest BCUT2D eigenvalue weighted by Crippen LogP contribution is -2.56. The first-order valence-electron chi connectivity index (χ1n) is 9.38. The summed E-state index contributed by atoms with van der Waals surface area (Å²) in [4.78, 5) is 28.7. The van der Waals surface area contributed by atoms with Crippen LogP contribution in [-0.2, 0) is 4.79 Å². The van der Waals surface area contributed by atoms with Crippen molar-refractivity contribution >= 4 is 11.8 Å². The number of amides is 2. The summed E-state index contributed by atoms with van der Waals surface area (Å²) in [6.45, 7) is 3.13. The van der Waals surface area contributed by atoms with E-state index < -0.39 is 0 Å². The highest BCUT2D eigenvalue weighted by molar-refractivity contribution is 5.95. The Morgan fingerprint density at radius 1 is 1.08 bits per heavy atom. The highest BCUT2D eigenvalue weighted by Gasteiger charge is 2.41. The Balaban J connectivity index is 1.34. The van der Waals surface area contributed by atoms with E-state index in [1.807, 2.05) is 11.0 Å². The van der Waals surface area contributed by atoms with Crippen molar-refractivity contribution in [3.05, 3.63) is 29.3 Å². The number of phenols is 1. The summed E-state index contributed by atoms with van der Waals surface area (Å²) in [6, 6.07) is 6.30. The quantitative estimate of drug-likeness (QED) is 0.900. The molecule has 1 unspecified atom stereocenters. The Kier molecular flexibility index (Phi) is 4.31. The maximum absolute atomic E-state index is 12.6. The summed E-state index contributed by atoms with van der Waals surface area (Å²) < 4.78 is 0. The second-order valence-corrected chi connectivity index (χ2v) is 7.77. The van der Waals surface area contributed by atoms with Gasteiger partial charge < -0.3 is 14.9 Å². The van der Waals surface area contributed by atoms with Crippen LogP contribution in [0.15, 0.2) is 18.2 Å². The molecule has 0 bridgehead atoms. The molecule has 3 aliphatic rings. The van der Waals surface area contributed by atoms with Gasteiger partial charge in [-0.05, 0) is 55.7 Å². The monoisotopic (exact) mass is 353 g/mol. The van der Waals surface area contributed by atoms with Crippen molar-refractivity contribution in [2.24, 2.45) is 17.8 Å². The van der Waals surface area contributed by atoms with E-state index in [-0.39, 0.29) is 23.1 Å². The molecular weight excluding hydrogens is 330 g/mol. The average Bonchev–Trinajstić information content (AvgIpc) is 3.45. The predicted molar refractivity (Wildman–Crippen MR) is 94.2 cm³/mol. The molecule has 1 N–H and O–H groups in total. The zero-order chi connectivity index (χ0) is 18.3. The third-order valence-electron chi connectivity index (χ3n) is 5.92. The molecule has 4 rings (SSSR count). The molecule has 1 saturated carbocycles. The fourth-order valence-corrected chi connectivity index (χ4v) is 4.10. The summed E-state index contributed by atoms with van der Waals surface area (Å²) >= 11 is 0. The number of piperidine rings is 1. The van der Waals surface area contributed by atoms with E-state index in [9.17, 15) is 14.7 Å². The summed E-state index contributed by atoms with van der Waals surface area (Å²) in [6.07, 6.45) is 4.27. The van der Waals surface area contributed by atoms with E-state index in [1.54, 1.807) is 11.0 Å². The SMILES string of the molecule is N#Cc1cc(C(=O)N2CC(C3CCCN(C(=O)C4CC4)C3)C2)ccc1O. The van der Waals surface area contributed by atoms with Gasteiger partial charge in [0.15, 0.2) is 0 Å². The molecule has 2 amide bonds. The largest absolute Gasteiger partial charge is 0.507 e. The normalized spacial score (nSPS) is 23.3. The molecule has 2 saturated heterocycles. The number of carbonyl (C=O) groups is 2. The molecule has 1 atom stereocenters. The smallest absolute Gasteiger partial charge is 0.253 e. The maximum atomic E-state index is 12.6. The lowest BCUT2D eigenvalue weighted by atomic mass is 9.80. The summed E-state index contributed by atoms with van der Waals surface area (Å²) in [5.41, 5.74) is 0.557. The van der Waals surface area contributed by atoms with Crippen molar-refractivity contribution in [1.29, 1.82) is 5.26 Å². The Morgan fingerprint density at radius 2 is 1.81 bits per heavy atom. The van der Waals surface area contributed by atoms with Crippen LogP contribution in [0.5, 0.6) is 5.75 Å². The first kappa shape index (κ1) is 16.9. The first-order chi connectivity index (χ1) is 12.6. The van der Waals surface area contributed by atoms with Crippen LogP contribution in [0.2, 0.25) is 0 Å². The third kappa shape index (κ3) is 3.14. The van der Waals surface area contributed by atoms with E-state index in [4.69, 9.17) is 5.26 Å². The summed E-state index contributed by atoms with van der Waals surface area (Å²) in [5, 5.41) is 18.6. The van der Waals surface area contributed by atoms with E-state index >= 15 is 0 Å². The van der Waals surface area contributed by atoms with E-state index in [2.05, 4.69) is 0 Å². The van der Waals surface area contributed by atoms with Gasteiger partial charge in [-0.1, -0.05) is 0 Å². The van der Waals surface area contributed by atoms with E-state index in [1.165, 1.54) is 12.1 Å². The minimum absolute atomic E-state index is 0.0977. The number of carbonyl (C=O) groups excluding carboxylic acids is 2. The minimum Gasteiger partial charge on any atom is -0.507 e. The Labute approximate surface area is 153 Å². The number of hydrogen-bond donors (Lipinski definition) is 1. The van der Waals surface area contributed by atoms with Crippen LogP contribution >= 0.6 is 0 Å². The molecule has 136 valence electrons. The number of likely N-dealkylation sites (tertiary alicyclic amines) is 2. The standard InChI is InChI=1S/C20H23N3O3/c21-9-16-8-14(5-6-18(16)24)20(26)23-11-17(12-23)15-2-1-7-22(10-15)19(25)13-3-4-13/h5-6,8,13,15,17,24H,1-4,7,10-12H2. The van der Waals surface area contributed by atoms with Crippen LogP contribution in [0.4, 0.5) is 0 Å². The van der Waals surface area contributed by atoms with Gasteiger partial charge >= 0.3 is 0 Å². The van der Waals surface area contributed by atoms with Gasteiger partial charge in [0.2, 0.25) is 5.91 Å². The summed E-state index contributed by atoms with van der Waals surface area (Å²) in [7, 11) is 0. The number of rotatable bonds is 3. The zero-order valence-corrected chi connectivity index (χ0v) is 14.7. The molecule has 0 radical (unpaired) electrons. The topological polar surface area (TPSA) is 84.6 Å². The van der Waals surface area contributed by atoms with Crippen molar-refractivity contribution < 1.29 is 14.7 Å². The summed E-state index contributed by atoms with van der Waals surface area (Å²) in [5.74, 6) is 1.33. The third-order valence-corrected chi connectivity index (χ3v) is 5.92. The lowest BCUT2D eigenvalue weighted by molar-refractivity contribution is -0.135. The van der Waals surface area contributed by atoms with Gasteiger partial charge in [-0.2, -0.15) is 5.26 Å². The van der Waals surface area contributed by atoms with E-state index in [0.29, 0.717) is 36.4 Å². The lowest BCUT2D eigenvalue weighted by Gasteiger charge is -2.46. The van der Waals surface area contributed by atoms with Gasteiger partial charge in [0.1, 0.15) is 11.8 Å². The molecule has 1 aromatic carbocycles. The van der Waals surface area contributed by atoms with Crippen molar-refractivity contribution in [2.45, 2.75) is 25.7 Å². The average molecular weight is 353 g/mol. The van der Waals surface area contributed by atoms with Gasteiger partial charge in [-0.25, -0.2) is 0 Å². The van der Waals surface area contributed by atoms with Crippen LogP contribution < -0.4 is 0 Å². The molecular formula is C20H23N3O3. The minimum atomic E-state index is -0.104. The fraction of sp³-hybridized carbons (Fsp3) is 0.550. The predicted octanol–water partition coefficient (Wildman–Crippen LogP) is 1.98. The van der Waals surface area contributed by atoms with Crippen molar-refractivity contribution in [2.75, 3.05) is 26.2 Å². The van der Waals surface area contributed by atoms with Crippen molar-refractivity contribution in [1.82, 2.24) is 9.80 Å². The molecule has 6 nitrogen and oxygen atoms in total. The fourth-order valence-electron chi connectivity index (χ4n) is 4.10. The van der Waals surface area contributed by atoms with Gasteiger partial charge in [0.05, 0.1) is 5.56 Å². The first-order valence-corrected chi connectivity index (χ1v) is 9.38. The van der Waals surface area contributed by atoms with Crippen LogP contribution in [0.3, 0.4) is 0 Å². The zero-order valence-electron chi connectivity index (χ0n) is 14.7. The molecule has 6 heteroatoms. The number of nitrogens with zero attached hydrogens (tertiary/aromatic N) is 3. The van der Waals surface area contributed by atoms with Gasteiger partial charge in [-0.3, -0.25) is 9.59 Å². The Hall–Kier alpha value is -2.55. The Bertz CT molecular complexity index is 775. The highest BCUT2D eigenvalue weighted by Crippen LogP contribution is 2.36. The van der Waals surface area contributed by atoms with Gasteiger partial charge in [0, 0.05) is 37.7 Å². The van der Waals surface area contributed by atoms with Crippen LogP contribution in [0.25, 0.3) is 0 Å². The molecule has 0 aromatic heterocycles. The second-order valence-electron chi connectivity index (χ2n) is 7.77. The molecule has 1 aromatic rings. The van der Waals surface area contributed by atoms with Gasteiger partial charge in [-0.15, -0.1) is 0 Å². The number of nitriles is 1. The highest BCUT2D eigenvalue weighted by atomic mass is 16.3. The van der Waals surface area contributed by atoms with Crippen LogP contribution in [0, 0.1) is 29.1 Å². The molecule has 26 heavy (non-hydrogen) atoms. The van der Waals surface area contributed by atoms with Crippen molar-refractivity contribution in [3.8, 4) is 11.8 Å². The van der Waals surface area contributed by atoms with Crippen LogP contribution in [-0.4, -0.2) is 52.9 Å². The molecule has 3 fully saturated rings. The Morgan fingerprint density at radius 3 is 2.50 bits per heavy atom. The number of aromatic hydroxyl groups is 1. The molecule has 2 aliphatic heterocycles.